The largest absolute Gasteiger partial charge is 0.309 e. The highest BCUT2D eigenvalue weighted by Gasteiger charge is 2.16. The predicted molar refractivity (Wildman–Crippen MR) is 84.7 cm³/mol. The lowest BCUT2D eigenvalue weighted by atomic mass is 9.97. The first-order valence-electron chi connectivity index (χ1n) is 6.04. The molecule has 2 heterocycles. The third-order valence-corrected chi connectivity index (χ3v) is 4.72. The Kier molecular flexibility index (Phi) is 3.64. The Bertz CT molecular complexity index is 703. The van der Waals surface area contributed by atoms with E-state index in [2.05, 4.69) is 61.9 Å². The van der Waals surface area contributed by atoms with Crippen molar-refractivity contribution in [3.8, 4) is 0 Å². The number of rotatable bonds is 3. The van der Waals surface area contributed by atoms with Gasteiger partial charge in [0.1, 0.15) is 0 Å². The lowest BCUT2D eigenvalue weighted by Crippen LogP contribution is -2.17. The van der Waals surface area contributed by atoms with Gasteiger partial charge in [-0.1, -0.05) is 18.2 Å². The molecule has 19 heavy (non-hydrogen) atoms. The van der Waals surface area contributed by atoms with Gasteiger partial charge in [-0.25, -0.2) is 0 Å². The predicted octanol–water partition coefficient (Wildman–Crippen LogP) is 4.37. The summed E-state index contributed by atoms with van der Waals surface area (Å²) in [5.74, 6) is 0. The summed E-state index contributed by atoms with van der Waals surface area (Å²) in [7, 11) is 1.99. The molecule has 0 fully saturated rings. The molecule has 0 bridgehead atoms. The van der Waals surface area contributed by atoms with Gasteiger partial charge < -0.3 is 5.32 Å². The summed E-state index contributed by atoms with van der Waals surface area (Å²) < 4.78 is 1.15. The molecule has 96 valence electrons. The second-order valence-corrected chi connectivity index (χ2v) is 6.61. The fraction of sp³-hybridized carbons (Fsp3) is 0.133. The van der Waals surface area contributed by atoms with Crippen LogP contribution in [0.2, 0.25) is 0 Å². The van der Waals surface area contributed by atoms with Crippen LogP contribution in [0.4, 0.5) is 0 Å². The van der Waals surface area contributed by atoms with E-state index < -0.39 is 0 Å². The smallest absolute Gasteiger partial charge is 0.0705 e. The number of nitrogens with one attached hydrogen (secondary N) is 1. The number of pyridine rings is 1. The fourth-order valence-electron chi connectivity index (χ4n) is 2.36. The zero-order valence-corrected chi connectivity index (χ0v) is 12.8. The van der Waals surface area contributed by atoms with Gasteiger partial charge in [0.2, 0.25) is 0 Å². The molecule has 4 heteroatoms. The zero-order valence-electron chi connectivity index (χ0n) is 10.4. The lowest BCUT2D eigenvalue weighted by Gasteiger charge is -2.17. The highest BCUT2D eigenvalue weighted by atomic mass is 79.9. The molecule has 0 aliphatic rings. The van der Waals surface area contributed by atoms with E-state index in [9.17, 15) is 0 Å². The van der Waals surface area contributed by atoms with Crippen molar-refractivity contribution in [2.75, 3.05) is 7.05 Å². The maximum atomic E-state index is 4.42. The van der Waals surface area contributed by atoms with E-state index in [0.29, 0.717) is 0 Å². The van der Waals surface area contributed by atoms with E-state index in [-0.39, 0.29) is 6.04 Å². The minimum Gasteiger partial charge on any atom is -0.309 e. The van der Waals surface area contributed by atoms with Gasteiger partial charge >= 0.3 is 0 Å². The molecular weight excluding hydrogens is 320 g/mol. The highest BCUT2D eigenvalue weighted by Crippen LogP contribution is 2.32. The number of fused-ring (bicyclic) bond motifs is 1. The molecule has 2 aromatic heterocycles. The second-order valence-electron chi connectivity index (χ2n) is 4.32. The van der Waals surface area contributed by atoms with Crippen LogP contribution < -0.4 is 5.32 Å². The molecule has 0 radical (unpaired) electrons. The maximum absolute atomic E-state index is 4.42. The Morgan fingerprint density at radius 3 is 2.89 bits per heavy atom. The number of benzene rings is 1. The molecule has 0 saturated carbocycles. The molecule has 1 N–H and O–H groups in total. The molecule has 0 aliphatic heterocycles. The average molecular weight is 333 g/mol. The van der Waals surface area contributed by atoms with Crippen molar-refractivity contribution in [1.82, 2.24) is 10.3 Å². The second kappa shape index (κ2) is 5.41. The van der Waals surface area contributed by atoms with Crippen LogP contribution in [-0.4, -0.2) is 12.0 Å². The molecule has 3 aromatic rings. The third-order valence-electron chi connectivity index (χ3n) is 3.20. The van der Waals surface area contributed by atoms with Crippen molar-refractivity contribution < 1.29 is 0 Å². The van der Waals surface area contributed by atoms with E-state index in [1.54, 1.807) is 11.3 Å². The van der Waals surface area contributed by atoms with Crippen LogP contribution >= 0.6 is 27.3 Å². The van der Waals surface area contributed by atoms with Crippen LogP contribution in [0, 0.1) is 0 Å². The number of hydrogen-bond acceptors (Lipinski definition) is 3. The van der Waals surface area contributed by atoms with Crippen molar-refractivity contribution >= 4 is 38.2 Å². The molecule has 0 spiro atoms. The van der Waals surface area contributed by atoms with Gasteiger partial charge in [-0.15, -0.1) is 11.3 Å². The Labute approximate surface area is 124 Å². The number of hydrogen-bond donors (Lipinski definition) is 1. The molecule has 0 aliphatic carbocycles. The molecule has 1 unspecified atom stereocenters. The Hall–Kier alpha value is -1.23. The summed E-state index contributed by atoms with van der Waals surface area (Å²) in [6.07, 6.45) is 1.83. The monoisotopic (exact) mass is 332 g/mol. The molecule has 3 rings (SSSR count). The van der Waals surface area contributed by atoms with E-state index in [0.717, 1.165) is 9.30 Å². The Balaban J connectivity index is 2.16. The first-order chi connectivity index (χ1) is 9.29. The van der Waals surface area contributed by atoms with Crippen molar-refractivity contribution in [1.29, 1.82) is 0 Å². The van der Waals surface area contributed by atoms with Gasteiger partial charge in [0, 0.05) is 11.6 Å². The zero-order chi connectivity index (χ0) is 13.2. The number of thiophene rings is 1. The summed E-state index contributed by atoms with van der Waals surface area (Å²) in [6.45, 7) is 0. The number of halogens is 1. The van der Waals surface area contributed by atoms with Gasteiger partial charge in [0.25, 0.3) is 0 Å². The van der Waals surface area contributed by atoms with Crippen LogP contribution in [0.3, 0.4) is 0 Å². The summed E-state index contributed by atoms with van der Waals surface area (Å²) >= 11 is 5.24. The first kappa shape index (κ1) is 12.8. The van der Waals surface area contributed by atoms with Gasteiger partial charge in [-0.2, -0.15) is 0 Å². The van der Waals surface area contributed by atoms with Crippen molar-refractivity contribution in [3.05, 3.63) is 62.9 Å². The van der Waals surface area contributed by atoms with Crippen molar-refractivity contribution in [2.24, 2.45) is 0 Å². The van der Waals surface area contributed by atoms with E-state index in [4.69, 9.17) is 0 Å². The standard InChI is InChI=1S/C15H13BrN2S/c1-17-15(10-8-14(16)19-9-10)12-4-2-6-13-11(12)5-3-7-18-13/h2-9,15,17H,1H3. The number of nitrogens with zero attached hydrogens (tertiary/aromatic N) is 1. The third kappa shape index (κ3) is 2.43. The molecular formula is C15H13BrN2S. The molecule has 1 aromatic carbocycles. The SMILES string of the molecule is CNC(c1csc(Br)c1)c1cccc2ncccc12. The molecule has 0 amide bonds. The summed E-state index contributed by atoms with van der Waals surface area (Å²) in [4.78, 5) is 4.42. The van der Waals surface area contributed by atoms with E-state index in [1.165, 1.54) is 16.5 Å². The van der Waals surface area contributed by atoms with Crippen LogP contribution in [0.15, 0.2) is 51.8 Å². The summed E-state index contributed by atoms with van der Waals surface area (Å²) in [5, 5.41) is 6.78. The highest BCUT2D eigenvalue weighted by molar-refractivity contribution is 9.11. The minimum absolute atomic E-state index is 0.190. The average Bonchev–Trinajstić information content (AvgIpc) is 2.86. The Morgan fingerprint density at radius 1 is 1.26 bits per heavy atom. The van der Waals surface area contributed by atoms with E-state index in [1.807, 2.05) is 19.3 Å². The van der Waals surface area contributed by atoms with Crippen LogP contribution in [0.1, 0.15) is 17.2 Å². The normalized spacial score (nSPS) is 12.7. The van der Waals surface area contributed by atoms with Crippen LogP contribution in [-0.2, 0) is 0 Å². The van der Waals surface area contributed by atoms with Crippen LogP contribution in [0.25, 0.3) is 10.9 Å². The van der Waals surface area contributed by atoms with Gasteiger partial charge in [-0.3, -0.25) is 4.98 Å². The van der Waals surface area contributed by atoms with E-state index >= 15 is 0 Å². The first-order valence-corrected chi connectivity index (χ1v) is 7.71. The fourth-order valence-corrected chi connectivity index (χ4v) is 3.56. The quantitative estimate of drug-likeness (QED) is 0.770. The summed E-state index contributed by atoms with van der Waals surface area (Å²) in [6, 6.07) is 12.8. The minimum atomic E-state index is 0.190. The summed E-state index contributed by atoms with van der Waals surface area (Å²) in [5.41, 5.74) is 3.57. The van der Waals surface area contributed by atoms with Crippen molar-refractivity contribution in [3.63, 3.8) is 0 Å². The van der Waals surface area contributed by atoms with Gasteiger partial charge in [0.05, 0.1) is 15.3 Å². The van der Waals surface area contributed by atoms with Crippen LogP contribution in [0.5, 0.6) is 0 Å². The molecule has 0 saturated heterocycles. The Morgan fingerprint density at radius 2 is 2.16 bits per heavy atom. The van der Waals surface area contributed by atoms with Gasteiger partial charge in [0.15, 0.2) is 0 Å². The van der Waals surface area contributed by atoms with Gasteiger partial charge in [-0.05, 0) is 57.7 Å². The lowest BCUT2D eigenvalue weighted by molar-refractivity contribution is 0.699. The topological polar surface area (TPSA) is 24.9 Å². The maximum Gasteiger partial charge on any atom is 0.0705 e. The number of aromatic nitrogens is 1. The molecule has 2 nitrogen and oxygen atoms in total. The molecule has 1 atom stereocenters. The van der Waals surface area contributed by atoms with Crippen molar-refractivity contribution in [2.45, 2.75) is 6.04 Å².